The van der Waals surface area contributed by atoms with Gasteiger partial charge in [0.25, 0.3) is 0 Å². The molecular formula is C13H23N3O2. The minimum Gasteiger partial charge on any atom is -0.489 e. The summed E-state index contributed by atoms with van der Waals surface area (Å²) < 4.78 is 12.9. The van der Waals surface area contributed by atoms with Gasteiger partial charge in [-0.3, -0.25) is 4.68 Å². The van der Waals surface area contributed by atoms with Crippen LogP contribution in [-0.4, -0.2) is 42.7 Å². The molecule has 0 aliphatic carbocycles. The van der Waals surface area contributed by atoms with Gasteiger partial charge in [0.15, 0.2) is 5.75 Å². The molecule has 5 nitrogen and oxygen atoms in total. The van der Waals surface area contributed by atoms with Crippen LogP contribution in [0.15, 0.2) is 12.4 Å². The summed E-state index contributed by atoms with van der Waals surface area (Å²) in [6.45, 7) is 7.48. The van der Waals surface area contributed by atoms with Gasteiger partial charge in [-0.05, 0) is 18.8 Å². The van der Waals surface area contributed by atoms with Crippen molar-refractivity contribution in [2.24, 2.45) is 5.92 Å². The monoisotopic (exact) mass is 253 g/mol. The first-order chi connectivity index (χ1) is 8.88. The maximum atomic E-state index is 5.62. The summed E-state index contributed by atoms with van der Waals surface area (Å²) in [5.41, 5.74) is 0. The lowest BCUT2D eigenvalue weighted by Crippen LogP contribution is -2.27. The number of nitrogens with zero attached hydrogens (tertiary/aromatic N) is 2. The van der Waals surface area contributed by atoms with Crippen LogP contribution in [0.25, 0.3) is 0 Å². The Balaban J connectivity index is 1.54. The van der Waals surface area contributed by atoms with E-state index >= 15 is 0 Å². The highest BCUT2D eigenvalue weighted by atomic mass is 16.5. The van der Waals surface area contributed by atoms with Gasteiger partial charge in [0.2, 0.25) is 0 Å². The van der Waals surface area contributed by atoms with Crippen molar-refractivity contribution in [3.63, 3.8) is 0 Å². The zero-order valence-corrected chi connectivity index (χ0v) is 11.1. The second-order valence-corrected chi connectivity index (χ2v) is 4.72. The Labute approximate surface area is 108 Å². The third-order valence-corrected chi connectivity index (χ3v) is 3.07. The van der Waals surface area contributed by atoms with Gasteiger partial charge < -0.3 is 14.8 Å². The summed E-state index contributed by atoms with van der Waals surface area (Å²) in [5, 5.41) is 7.62. The van der Waals surface area contributed by atoms with Gasteiger partial charge in [0.1, 0.15) is 6.61 Å². The van der Waals surface area contributed by atoms with Crippen LogP contribution in [0.4, 0.5) is 0 Å². The van der Waals surface area contributed by atoms with Crippen molar-refractivity contribution in [3.8, 4) is 5.75 Å². The van der Waals surface area contributed by atoms with E-state index < -0.39 is 0 Å². The summed E-state index contributed by atoms with van der Waals surface area (Å²) in [7, 11) is 0. The number of aromatic nitrogens is 2. The van der Waals surface area contributed by atoms with E-state index in [1.165, 1.54) is 6.42 Å². The number of hydrogen-bond donors (Lipinski definition) is 1. The molecule has 1 aliphatic heterocycles. The molecule has 0 radical (unpaired) electrons. The van der Waals surface area contributed by atoms with E-state index in [1.807, 2.05) is 10.9 Å². The summed E-state index contributed by atoms with van der Waals surface area (Å²) in [6, 6.07) is 0. The molecule has 18 heavy (non-hydrogen) atoms. The largest absolute Gasteiger partial charge is 0.489 e. The Kier molecular flexibility index (Phi) is 5.48. The first-order valence-electron chi connectivity index (χ1n) is 6.82. The summed E-state index contributed by atoms with van der Waals surface area (Å²) in [5.74, 6) is 1.53. The molecule has 0 saturated carbocycles. The second kappa shape index (κ2) is 7.38. The minimum atomic E-state index is 0.678. The zero-order valence-electron chi connectivity index (χ0n) is 11.1. The van der Waals surface area contributed by atoms with E-state index in [2.05, 4.69) is 17.3 Å². The lowest BCUT2D eigenvalue weighted by molar-refractivity contribution is 0.185. The molecular weight excluding hydrogens is 230 g/mol. The molecule has 102 valence electrons. The van der Waals surface area contributed by atoms with Crippen LogP contribution < -0.4 is 10.1 Å². The Bertz CT molecular complexity index is 335. The molecule has 1 N–H and O–H groups in total. The van der Waals surface area contributed by atoms with Gasteiger partial charge in [-0.25, -0.2) is 0 Å². The molecule has 5 heteroatoms. The fraction of sp³-hybridized carbons (Fsp3) is 0.769. The predicted octanol–water partition coefficient (Wildman–Crippen LogP) is 1.30. The highest BCUT2D eigenvalue weighted by molar-refractivity contribution is 5.11. The molecule has 1 aromatic heterocycles. The second-order valence-electron chi connectivity index (χ2n) is 4.72. The highest BCUT2D eigenvalue weighted by Gasteiger charge is 2.14. The molecule has 1 atom stereocenters. The molecule has 2 heterocycles. The maximum absolute atomic E-state index is 5.62. The van der Waals surface area contributed by atoms with Crippen molar-refractivity contribution < 1.29 is 9.47 Å². The number of aryl methyl sites for hydroxylation is 1. The maximum Gasteiger partial charge on any atom is 0.157 e. The first kappa shape index (κ1) is 13.4. The molecule has 1 unspecified atom stereocenters. The van der Waals surface area contributed by atoms with Crippen LogP contribution in [0.1, 0.15) is 19.8 Å². The van der Waals surface area contributed by atoms with E-state index in [1.54, 1.807) is 6.20 Å². The SMILES string of the molecule is CCCn1cc(OCCNCC2CCOC2)cn1. The summed E-state index contributed by atoms with van der Waals surface area (Å²) in [6.07, 6.45) is 6.00. The van der Waals surface area contributed by atoms with Crippen molar-refractivity contribution in [3.05, 3.63) is 12.4 Å². The lowest BCUT2D eigenvalue weighted by Gasteiger charge is -2.09. The zero-order chi connectivity index (χ0) is 12.6. The summed E-state index contributed by atoms with van der Waals surface area (Å²) >= 11 is 0. The third-order valence-electron chi connectivity index (χ3n) is 3.07. The topological polar surface area (TPSA) is 48.3 Å². The van der Waals surface area contributed by atoms with Gasteiger partial charge in [-0.1, -0.05) is 6.92 Å². The standard InChI is InChI=1S/C13H23N3O2/c1-2-5-16-10-13(9-15-16)18-7-4-14-8-12-3-6-17-11-12/h9-10,12,14H,2-8,11H2,1H3. The van der Waals surface area contributed by atoms with E-state index in [-0.39, 0.29) is 0 Å². The molecule has 0 amide bonds. The summed E-state index contributed by atoms with van der Waals surface area (Å²) in [4.78, 5) is 0. The van der Waals surface area contributed by atoms with Gasteiger partial charge in [-0.2, -0.15) is 5.10 Å². The van der Waals surface area contributed by atoms with Crippen LogP contribution in [-0.2, 0) is 11.3 Å². The van der Waals surface area contributed by atoms with Crippen LogP contribution in [0.5, 0.6) is 5.75 Å². The Morgan fingerprint density at radius 3 is 3.33 bits per heavy atom. The van der Waals surface area contributed by atoms with Gasteiger partial charge >= 0.3 is 0 Å². The van der Waals surface area contributed by atoms with Crippen molar-refractivity contribution in [1.82, 2.24) is 15.1 Å². The van der Waals surface area contributed by atoms with Crippen LogP contribution in [0.3, 0.4) is 0 Å². The number of rotatable bonds is 8. The van der Waals surface area contributed by atoms with Gasteiger partial charge in [0.05, 0.1) is 19.0 Å². The predicted molar refractivity (Wildman–Crippen MR) is 69.8 cm³/mol. The Morgan fingerprint density at radius 2 is 2.56 bits per heavy atom. The average molecular weight is 253 g/mol. The lowest BCUT2D eigenvalue weighted by atomic mass is 10.1. The van der Waals surface area contributed by atoms with Crippen molar-refractivity contribution in [1.29, 1.82) is 0 Å². The molecule has 0 spiro atoms. The average Bonchev–Trinajstić information content (AvgIpc) is 3.01. The van der Waals surface area contributed by atoms with E-state index in [0.29, 0.717) is 12.5 Å². The fourth-order valence-corrected chi connectivity index (χ4v) is 2.06. The van der Waals surface area contributed by atoms with Gasteiger partial charge in [0, 0.05) is 26.2 Å². The van der Waals surface area contributed by atoms with Crippen LogP contribution in [0, 0.1) is 5.92 Å². The molecule has 2 rings (SSSR count). The molecule has 0 bridgehead atoms. The van der Waals surface area contributed by atoms with Crippen LogP contribution in [0.2, 0.25) is 0 Å². The van der Waals surface area contributed by atoms with Crippen molar-refractivity contribution in [2.45, 2.75) is 26.3 Å². The Morgan fingerprint density at radius 1 is 1.61 bits per heavy atom. The molecule has 1 fully saturated rings. The minimum absolute atomic E-state index is 0.678. The van der Waals surface area contributed by atoms with Gasteiger partial charge in [-0.15, -0.1) is 0 Å². The first-order valence-corrected chi connectivity index (χ1v) is 6.82. The quantitative estimate of drug-likeness (QED) is 0.709. The van der Waals surface area contributed by atoms with E-state index in [0.717, 1.165) is 45.0 Å². The number of ether oxygens (including phenoxy) is 2. The van der Waals surface area contributed by atoms with Crippen LogP contribution >= 0.6 is 0 Å². The molecule has 1 aliphatic rings. The molecule has 1 saturated heterocycles. The van der Waals surface area contributed by atoms with E-state index in [4.69, 9.17) is 9.47 Å². The molecule has 1 aromatic rings. The number of hydrogen-bond acceptors (Lipinski definition) is 4. The van der Waals surface area contributed by atoms with Crippen molar-refractivity contribution >= 4 is 0 Å². The number of nitrogens with one attached hydrogen (secondary N) is 1. The van der Waals surface area contributed by atoms with Crippen molar-refractivity contribution in [2.75, 3.05) is 32.9 Å². The third kappa shape index (κ3) is 4.31. The fourth-order valence-electron chi connectivity index (χ4n) is 2.06. The smallest absolute Gasteiger partial charge is 0.157 e. The molecule has 0 aromatic carbocycles. The van der Waals surface area contributed by atoms with E-state index in [9.17, 15) is 0 Å². The highest BCUT2D eigenvalue weighted by Crippen LogP contribution is 2.10. The Hall–Kier alpha value is -1.07. The normalized spacial score (nSPS) is 19.3.